The number of nitrogens with zero attached hydrogens (tertiary/aromatic N) is 3. The third-order valence-corrected chi connectivity index (χ3v) is 3.84. The number of ether oxygens (including phenoxy) is 1. The maximum Gasteiger partial charge on any atom is 0.333 e. The lowest BCUT2D eigenvalue weighted by Crippen LogP contribution is -2.36. The van der Waals surface area contributed by atoms with Gasteiger partial charge in [0.15, 0.2) is 5.75 Å². The molecule has 0 saturated heterocycles. The number of aromatic hydroxyl groups is 1. The van der Waals surface area contributed by atoms with Gasteiger partial charge in [-0.1, -0.05) is 24.3 Å². The molecule has 0 radical (unpaired) electrons. The molecule has 0 bridgehead atoms. The standard InChI is InChI=1S/C19H17N3O4/c1-21-17(24)11-18(22(2)19(21)25)26-16-10-6-4-8-14(16)20-12-13-7-3-5-9-15(13)23/h3-12,23H,1-2H3. The van der Waals surface area contributed by atoms with Crippen molar-refractivity contribution >= 4 is 11.9 Å². The molecule has 3 aromatic rings. The van der Waals surface area contributed by atoms with Crippen LogP contribution in [-0.2, 0) is 14.1 Å². The zero-order valence-corrected chi connectivity index (χ0v) is 14.3. The average molecular weight is 351 g/mol. The number of phenols is 1. The molecule has 7 heteroatoms. The number of phenolic OH excluding ortho intramolecular Hbond substituents is 1. The summed E-state index contributed by atoms with van der Waals surface area (Å²) >= 11 is 0. The maximum absolute atomic E-state index is 12.0. The molecule has 1 heterocycles. The summed E-state index contributed by atoms with van der Waals surface area (Å²) in [5.41, 5.74) is 0.105. The van der Waals surface area contributed by atoms with Crippen LogP contribution in [0.2, 0.25) is 0 Å². The Balaban J connectivity index is 1.98. The largest absolute Gasteiger partial charge is 0.507 e. The molecule has 1 aromatic heterocycles. The van der Waals surface area contributed by atoms with Crippen molar-refractivity contribution in [3.05, 3.63) is 81.0 Å². The summed E-state index contributed by atoms with van der Waals surface area (Å²) in [6.45, 7) is 0. The van der Waals surface area contributed by atoms with Gasteiger partial charge in [0.1, 0.15) is 11.4 Å². The number of aromatic nitrogens is 2. The minimum Gasteiger partial charge on any atom is -0.507 e. The molecule has 0 aliphatic rings. The van der Waals surface area contributed by atoms with Crippen LogP contribution in [-0.4, -0.2) is 20.5 Å². The number of para-hydroxylation sites is 3. The summed E-state index contributed by atoms with van der Waals surface area (Å²) in [6.07, 6.45) is 1.51. The highest BCUT2D eigenvalue weighted by molar-refractivity contribution is 5.85. The first kappa shape index (κ1) is 17.2. The van der Waals surface area contributed by atoms with E-state index in [1.54, 1.807) is 48.5 Å². The summed E-state index contributed by atoms with van der Waals surface area (Å²) in [6, 6.07) is 15.0. The first-order chi connectivity index (χ1) is 12.5. The van der Waals surface area contributed by atoms with Crippen molar-refractivity contribution < 1.29 is 9.84 Å². The number of aliphatic imine (C=N–C) groups is 1. The highest BCUT2D eigenvalue weighted by atomic mass is 16.5. The summed E-state index contributed by atoms with van der Waals surface area (Å²) in [4.78, 5) is 28.2. The van der Waals surface area contributed by atoms with Crippen LogP contribution in [0.4, 0.5) is 5.69 Å². The first-order valence-electron chi connectivity index (χ1n) is 7.83. The topological polar surface area (TPSA) is 85.8 Å². The fourth-order valence-electron chi connectivity index (χ4n) is 2.31. The first-order valence-corrected chi connectivity index (χ1v) is 7.83. The number of hydrogen-bond acceptors (Lipinski definition) is 5. The summed E-state index contributed by atoms with van der Waals surface area (Å²) in [5.74, 6) is 0.606. The van der Waals surface area contributed by atoms with Crippen molar-refractivity contribution in [1.29, 1.82) is 0 Å². The molecule has 7 nitrogen and oxygen atoms in total. The Morgan fingerprint density at radius 1 is 1.00 bits per heavy atom. The smallest absolute Gasteiger partial charge is 0.333 e. The summed E-state index contributed by atoms with van der Waals surface area (Å²) < 4.78 is 7.99. The lowest BCUT2D eigenvalue weighted by Gasteiger charge is -2.12. The Morgan fingerprint density at radius 3 is 2.46 bits per heavy atom. The maximum atomic E-state index is 12.0. The third kappa shape index (κ3) is 3.41. The molecule has 132 valence electrons. The van der Waals surface area contributed by atoms with Crippen LogP contribution >= 0.6 is 0 Å². The molecule has 0 spiro atoms. The Morgan fingerprint density at radius 2 is 1.69 bits per heavy atom. The molecule has 0 amide bonds. The van der Waals surface area contributed by atoms with Crippen molar-refractivity contribution in [2.75, 3.05) is 0 Å². The van der Waals surface area contributed by atoms with Gasteiger partial charge in [0, 0.05) is 25.9 Å². The molecule has 0 aliphatic heterocycles. The van der Waals surface area contributed by atoms with Crippen LogP contribution in [0.1, 0.15) is 5.56 Å². The molecular formula is C19H17N3O4. The second kappa shape index (κ2) is 7.10. The summed E-state index contributed by atoms with van der Waals surface area (Å²) in [5, 5.41) is 9.82. The van der Waals surface area contributed by atoms with Crippen molar-refractivity contribution in [2.45, 2.75) is 0 Å². The van der Waals surface area contributed by atoms with Crippen LogP contribution in [0.3, 0.4) is 0 Å². The molecular weight excluding hydrogens is 334 g/mol. The zero-order chi connectivity index (χ0) is 18.7. The van der Waals surface area contributed by atoms with E-state index in [0.29, 0.717) is 17.0 Å². The number of rotatable bonds is 4. The Labute approximate surface area is 149 Å². The second-order valence-electron chi connectivity index (χ2n) is 5.61. The SMILES string of the molecule is Cn1c(Oc2ccccc2N=Cc2ccccc2O)cc(=O)n(C)c1=O. The Hall–Kier alpha value is -3.61. The fourth-order valence-corrected chi connectivity index (χ4v) is 2.31. The Kier molecular flexibility index (Phi) is 4.70. The molecule has 0 saturated carbocycles. The minimum atomic E-state index is -0.484. The van der Waals surface area contributed by atoms with E-state index < -0.39 is 11.2 Å². The fraction of sp³-hybridized carbons (Fsp3) is 0.105. The van der Waals surface area contributed by atoms with Crippen molar-refractivity contribution in [3.63, 3.8) is 0 Å². The Bertz CT molecular complexity index is 1100. The summed E-state index contributed by atoms with van der Waals surface area (Å²) in [7, 11) is 2.92. The van der Waals surface area contributed by atoms with Crippen molar-refractivity contribution in [2.24, 2.45) is 19.1 Å². The monoisotopic (exact) mass is 351 g/mol. The average Bonchev–Trinajstić information content (AvgIpc) is 2.65. The van der Waals surface area contributed by atoms with Gasteiger partial charge in [-0.3, -0.25) is 18.9 Å². The van der Waals surface area contributed by atoms with Gasteiger partial charge in [0.05, 0.1) is 6.07 Å². The molecule has 0 aliphatic carbocycles. The molecule has 0 unspecified atom stereocenters. The lowest BCUT2D eigenvalue weighted by molar-refractivity contribution is 0.424. The van der Waals surface area contributed by atoms with E-state index in [4.69, 9.17) is 4.74 Å². The van der Waals surface area contributed by atoms with Gasteiger partial charge in [-0.2, -0.15) is 0 Å². The van der Waals surface area contributed by atoms with Gasteiger partial charge in [-0.15, -0.1) is 0 Å². The number of benzene rings is 2. The van der Waals surface area contributed by atoms with E-state index in [0.717, 1.165) is 4.57 Å². The lowest BCUT2D eigenvalue weighted by atomic mass is 10.2. The van der Waals surface area contributed by atoms with E-state index in [-0.39, 0.29) is 11.6 Å². The van der Waals surface area contributed by atoms with Gasteiger partial charge >= 0.3 is 5.69 Å². The number of hydrogen-bond donors (Lipinski definition) is 1. The molecule has 0 fully saturated rings. The van der Waals surface area contributed by atoms with E-state index in [1.165, 1.54) is 30.9 Å². The quantitative estimate of drug-likeness (QED) is 0.731. The van der Waals surface area contributed by atoms with Crippen LogP contribution in [0.5, 0.6) is 17.4 Å². The van der Waals surface area contributed by atoms with Gasteiger partial charge in [0.25, 0.3) is 5.56 Å². The van der Waals surface area contributed by atoms with Crippen molar-refractivity contribution in [1.82, 2.24) is 9.13 Å². The van der Waals surface area contributed by atoms with E-state index in [9.17, 15) is 14.7 Å². The highest BCUT2D eigenvalue weighted by Gasteiger charge is 2.10. The minimum absolute atomic E-state index is 0.114. The molecule has 0 atom stereocenters. The van der Waals surface area contributed by atoms with Gasteiger partial charge < -0.3 is 9.84 Å². The molecule has 2 aromatic carbocycles. The third-order valence-electron chi connectivity index (χ3n) is 3.84. The molecule has 26 heavy (non-hydrogen) atoms. The highest BCUT2D eigenvalue weighted by Crippen LogP contribution is 2.30. The zero-order valence-electron chi connectivity index (χ0n) is 14.3. The van der Waals surface area contributed by atoms with Gasteiger partial charge in [-0.25, -0.2) is 4.79 Å². The predicted molar refractivity (Wildman–Crippen MR) is 98.8 cm³/mol. The normalized spacial score (nSPS) is 11.0. The molecule has 3 rings (SSSR count). The van der Waals surface area contributed by atoms with Crippen LogP contribution in [0, 0.1) is 0 Å². The van der Waals surface area contributed by atoms with Crippen LogP contribution in [0.15, 0.2) is 69.2 Å². The van der Waals surface area contributed by atoms with Crippen LogP contribution < -0.4 is 16.0 Å². The van der Waals surface area contributed by atoms with Gasteiger partial charge in [-0.05, 0) is 24.3 Å². The van der Waals surface area contributed by atoms with E-state index >= 15 is 0 Å². The van der Waals surface area contributed by atoms with Crippen molar-refractivity contribution in [3.8, 4) is 17.4 Å². The second-order valence-corrected chi connectivity index (χ2v) is 5.61. The van der Waals surface area contributed by atoms with Crippen LogP contribution in [0.25, 0.3) is 0 Å². The molecule has 1 N–H and O–H groups in total. The van der Waals surface area contributed by atoms with Gasteiger partial charge in [0.2, 0.25) is 5.88 Å². The van der Waals surface area contributed by atoms with E-state index in [1.807, 2.05) is 0 Å². The predicted octanol–water partition coefficient (Wildman–Crippen LogP) is 2.33. The van der Waals surface area contributed by atoms with E-state index in [2.05, 4.69) is 4.99 Å².